The van der Waals surface area contributed by atoms with E-state index in [0.29, 0.717) is 23.4 Å². The fraction of sp³-hybridized carbons (Fsp3) is 0.286. The number of carbonyl (C=O) groups is 3. The zero-order chi connectivity index (χ0) is 20.4. The predicted molar refractivity (Wildman–Crippen MR) is 107 cm³/mol. The van der Waals surface area contributed by atoms with Crippen molar-refractivity contribution in [1.82, 2.24) is 0 Å². The molecule has 0 fully saturated rings. The molecule has 5 nitrogen and oxygen atoms in total. The van der Waals surface area contributed by atoms with E-state index in [1.807, 2.05) is 6.92 Å². The first-order valence-electron chi connectivity index (χ1n) is 8.95. The van der Waals surface area contributed by atoms with Crippen LogP contribution in [-0.2, 0) is 14.3 Å². The molecule has 148 valence electrons. The highest BCUT2D eigenvalue weighted by atomic mass is 32.2. The third-order valence-electron chi connectivity index (χ3n) is 3.72. The summed E-state index contributed by atoms with van der Waals surface area (Å²) in [6.07, 6.45) is 1.35. The second kappa shape index (κ2) is 11.2. The van der Waals surface area contributed by atoms with Crippen LogP contribution >= 0.6 is 11.8 Å². The van der Waals surface area contributed by atoms with Gasteiger partial charge in [0.25, 0.3) is 0 Å². The summed E-state index contributed by atoms with van der Waals surface area (Å²) in [6, 6.07) is 12.5. The maximum absolute atomic E-state index is 12.8. The normalized spacial score (nSPS) is 10.4. The number of hydrogen-bond acceptors (Lipinski definition) is 5. The number of halogens is 1. The summed E-state index contributed by atoms with van der Waals surface area (Å²) in [5.41, 5.74) is 1.02. The number of nitrogens with one attached hydrogen (secondary N) is 1. The molecule has 0 spiro atoms. The number of esters is 1. The minimum Gasteiger partial charge on any atom is -0.457 e. The molecule has 0 saturated heterocycles. The van der Waals surface area contributed by atoms with Crippen LogP contribution in [-0.4, -0.2) is 30.0 Å². The number of ketones is 1. The lowest BCUT2D eigenvalue weighted by atomic mass is 10.1. The molecule has 7 heteroatoms. The molecule has 0 radical (unpaired) electrons. The highest BCUT2D eigenvalue weighted by Crippen LogP contribution is 2.19. The summed E-state index contributed by atoms with van der Waals surface area (Å²) in [4.78, 5) is 36.3. The van der Waals surface area contributed by atoms with Crippen LogP contribution in [0.15, 0.2) is 53.4 Å². The number of amides is 1. The zero-order valence-corrected chi connectivity index (χ0v) is 16.4. The van der Waals surface area contributed by atoms with Gasteiger partial charge in [0, 0.05) is 28.3 Å². The lowest BCUT2D eigenvalue weighted by molar-refractivity contribution is -0.142. The number of thioether (sulfide) groups is 1. The van der Waals surface area contributed by atoms with Gasteiger partial charge in [0.2, 0.25) is 5.91 Å². The summed E-state index contributed by atoms with van der Waals surface area (Å²) in [5, 5.41) is 2.74. The molecule has 0 unspecified atom stereocenters. The predicted octanol–water partition coefficient (Wildman–Crippen LogP) is 4.47. The first-order chi connectivity index (χ1) is 13.5. The number of anilines is 1. The highest BCUT2D eigenvalue weighted by Gasteiger charge is 2.11. The molecule has 0 saturated carbocycles. The Kier molecular flexibility index (Phi) is 8.68. The van der Waals surface area contributed by atoms with Gasteiger partial charge in [-0.2, -0.15) is 0 Å². The molecule has 0 aliphatic carbocycles. The lowest BCUT2D eigenvalue weighted by Crippen LogP contribution is -2.15. The average Bonchev–Trinajstić information content (AvgIpc) is 2.68. The van der Waals surface area contributed by atoms with Crippen LogP contribution in [0.25, 0.3) is 0 Å². The van der Waals surface area contributed by atoms with Crippen LogP contribution < -0.4 is 5.32 Å². The maximum Gasteiger partial charge on any atom is 0.307 e. The number of ether oxygens (including phenoxy) is 1. The molecule has 28 heavy (non-hydrogen) atoms. The van der Waals surface area contributed by atoms with Crippen molar-refractivity contribution in [2.75, 3.05) is 17.7 Å². The number of hydrogen-bond donors (Lipinski definition) is 1. The molecule has 2 aromatic rings. The third-order valence-corrected chi connectivity index (χ3v) is 4.73. The molecule has 1 amide bonds. The number of Topliss-reactive ketones (excluding diaryl/α,β-unsaturated/α-hetero) is 1. The maximum atomic E-state index is 12.8. The smallest absolute Gasteiger partial charge is 0.307 e. The molecule has 0 atom stereocenters. The summed E-state index contributed by atoms with van der Waals surface area (Å²) in [7, 11) is 0. The topological polar surface area (TPSA) is 72.5 Å². The number of benzene rings is 2. The fourth-order valence-electron chi connectivity index (χ4n) is 2.27. The van der Waals surface area contributed by atoms with Crippen LogP contribution in [0.5, 0.6) is 0 Å². The fourth-order valence-corrected chi connectivity index (χ4v) is 3.11. The van der Waals surface area contributed by atoms with Crippen molar-refractivity contribution in [1.29, 1.82) is 0 Å². The van der Waals surface area contributed by atoms with E-state index in [4.69, 9.17) is 4.74 Å². The highest BCUT2D eigenvalue weighted by molar-refractivity contribution is 7.99. The van der Waals surface area contributed by atoms with Crippen molar-refractivity contribution in [2.45, 2.75) is 31.1 Å². The van der Waals surface area contributed by atoms with Gasteiger partial charge in [-0.1, -0.05) is 6.92 Å². The van der Waals surface area contributed by atoms with Crippen molar-refractivity contribution in [3.63, 3.8) is 0 Å². The summed E-state index contributed by atoms with van der Waals surface area (Å²) < 4.78 is 17.8. The van der Waals surface area contributed by atoms with Crippen LogP contribution in [0.4, 0.5) is 10.1 Å². The van der Waals surface area contributed by atoms with E-state index in [0.717, 1.165) is 11.3 Å². The largest absolute Gasteiger partial charge is 0.457 e. The Balaban J connectivity index is 1.71. The Morgan fingerprint density at radius 3 is 2.32 bits per heavy atom. The summed E-state index contributed by atoms with van der Waals surface area (Å²) >= 11 is 1.41. The van der Waals surface area contributed by atoms with Crippen molar-refractivity contribution in [3.05, 3.63) is 59.9 Å². The van der Waals surface area contributed by atoms with Crippen molar-refractivity contribution < 1.29 is 23.5 Å². The molecule has 0 bridgehead atoms. The van der Waals surface area contributed by atoms with E-state index in [9.17, 15) is 18.8 Å². The van der Waals surface area contributed by atoms with Crippen molar-refractivity contribution >= 4 is 35.1 Å². The molecule has 2 rings (SSSR count). The van der Waals surface area contributed by atoms with E-state index in [1.165, 1.54) is 23.9 Å². The molecule has 0 aromatic heterocycles. The van der Waals surface area contributed by atoms with Gasteiger partial charge in [-0.05, 0) is 55.0 Å². The van der Waals surface area contributed by atoms with E-state index in [2.05, 4.69) is 5.32 Å². The molecular weight excluding hydrogens is 381 g/mol. The SMILES string of the molecule is CCCC(=O)Nc1ccc(C(=O)COC(=O)CCSc2ccc(F)cc2)cc1. The van der Waals surface area contributed by atoms with Crippen LogP contribution in [0.1, 0.15) is 36.5 Å². The Hall–Kier alpha value is -2.67. The van der Waals surface area contributed by atoms with E-state index in [1.54, 1.807) is 36.4 Å². The van der Waals surface area contributed by atoms with Gasteiger partial charge in [0.1, 0.15) is 5.82 Å². The Morgan fingerprint density at radius 2 is 1.68 bits per heavy atom. The van der Waals surface area contributed by atoms with E-state index < -0.39 is 5.97 Å². The molecule has 2 aromatic carbocycles. The summed E-state index contributed by atoms with van der Waals surface area (Å²) in [5.74, 6) is -0.685. The molecule has 0 heterocycles. The van der Waals surface area contributed by atoms with Crippen LogP contribution in [0.2, 0.25) is 0 Å². The molecule has 0 aliphatic heterocycles. The van der Waals surface area contributed by atoms with Gasteiger partial charge in [-0.3, -0.25) is 14.4 Å². The Bertz CT molecular complexity index is 806. The Labute approximate surface area is 167 Å². The standard InChI is InChI=1S/C21H22FNO4S/c1-2-3-20(25)23-17-8-4-15(5-9-17)19(24)14-27-21(26)12-13-28-18-10-6-16(22)7-11-18/h4-11H,2-3,12-14H2,1H3,(H,23,25). The molecular formula is C21H22FNO4S. The van der Waals surface area contributed by atoms with Gasteiger partial charge in [-0.15, -0.1) is 11.8 Å². The Morgan fingerprint density at radius 1 is 1.00 bits per heavy atom. The monoisotopic (exact) mass is 403 g/mol. The quantitative estimate of drug-likeness (QED) is 0.360. The van der Waals surface area contributed by atoms with Crippen LogP contribution in [0, 0.1) is 5.82 Å². The minimum absolute atomic E-state index is 0.0750. The number of carbonyl (C=O) groups excluding carboxylic acids is 3. The second-order valence-electron chi connectivity index (χ2n) is 6.01. The van der Waals surface area contributed by atoms with Gasteiger partial charge >= 0.3 is 5.97 Å². The van der Waals surface area contributed by atoms with Gasteiger partial charge in [0.15, 0.2) is 12.4 Å². The summed E-state index contributed by atoms with van der Waals surface area (Å²) in [6.45, 7) is 1.59. The van der Waals surface area contributed by atoms with Gasteiger partial charge < -0.3 is 10.1 Å². The molecule has 1 N–H and O–H groups in total. The van der Waals surface area contributed by atoms with Gasteiger partial charge in [0.05, 0.1) is 6.42 Å². The van der Waals surface area contributed by atoms with E-state index >= 15 is 0 Å². The third kappa shape index (κ3) is 7.52. The van der Waals surface area contributed by atoms with Crippen LogP contribution in [0.3, 0.4) is 0 Å². The minimum atomic E-state index is -0.466. The van der Waals surface area contributed by atoms with E-state index in [-0.39, 0.29) is 30.5 Å². The zero-order valence-electron chi connectivity index (χ0n) is 15.6. The second-order valence-corrected chi connectivity index (χ2v) is 7.18. The average molecular weight is 403 g/mol. The van der Waals surface area contributed by atoms with Crippen molar-refractivity contribution in [2.24, 2.45) is 0 Å². The first kappa shape index (κ1) is 21.6. The molecule has 0 aliphatic rings. The number of rotatable bonds is 10. The van der Waals surface area contributed by atoms with Gasteiger partial charge in [-0.25, -0.2) is 4.39 Å². The van der Waals surface area contributed by atoms with Crippen molar-refractivity contribution in [3.8, 4) is 0 Å². The first-order valence-corrected chi connectivity index (χ1v) is 9.93. The lowest BCUT2D eigenvalue weighted by Gasteiger charge is -2.07.